The first kappa shape index (κ1) is 7.19. The molecule has 10 heavy (non-hydrogen) atoms. The van der Waals surface area contributed by atoms with Crippen LogP contribution in [-0.4, -0.2) is 10.2 Å². The second-order valence-electron chi connectivity index (χ2n) is 2.48. The van der Waals surface area contributed by atoms with Gasteiger partial charge >= 0.3 is 0 Å². The Balaban J connectivity index is 2.67. The lowest BCUT2D eigenvalue weighted by molar-refractivity contribution is 0.317. The summed E-state index contributed by atoms with van der Waals surface area (Å²) in [4.78, 5) is 0. The lowest BCUT2D eigenvalue weighted by atomic mass is 10.1. The van der Waals surface area contributed by atoms with Gasteiger partial charge in [0.2, 0.25) is 0 Å². The second-order valence-corrected chi connectivity index (χ2v) is 2.48. The third kappa shape index (κ3) is 1.79. The van der Waals surface area contributed by atoms with Crippen LogP contribution >= 0.6 is 0 Å². The van der Waals surface area contributed by atoms with Gasteiger partial charge < -0.3 is 10.2 Å². The van der Waals surface area contributed by atoms with Gasteiger partial charge in [-0.25, -0.2) is 0 Å². The molecular formula is C8H12O2. The van der Waals surface area contributed by atoms with Crippen molar-refractivity contribution in [2.75, 3.05) is 0 Å². The van der Waals surface area contributed by atoms with E-state index < -0.39 is 0 Å². The Bertz CT molecular complexity index is 168. The summed E-state index contributed by atoms with van der Waals surface area (Å²) in [6.45, 7) is 0. The fraction of sp³-hybridized carbons (Fsp3) is 0.500. The first-order valence-corrected chi connectivity index (χ1v) is 3.58. The lowest BCUT2D eigenvalue weighted by Gasteiger charge is -2.03. The van der Waals surface area contributed by atoms with Crippen LogP contribution in [0.2, 0.25) is 0 Å². The van der Waals surface area contributed by atoms with Gasteiger partial charge in [0.1, 0.15) is 5.76 Å². The second kappa shape index (κ2) is 3.30. The molecule has 1 aliphatic rings. The zero-order chi connectivity index (χ0) is 7.40. The number of aliphatic hydroxyl groups excluding tert-OH is 2. The molecule has 0 aromatic heterocycles. The highest BCUT2D eigenvalue weighted by molar-refractivity contribution is 5.14. The fourth-order valence-corrected chi connectivity index (χ4v) is 0.974. The van der Waals surface area contributed by atoms with Crippen LogP contribution in [0.4, 0.5) is 0 Å². The first-order chi connectivity index (χ1) is 4.80. The van der Waals surface area contributed by atoms with Crippen molar-refractivity contribution in [2.24, 2.45) is 0 Å². The van der Waals surface area contributed by atoms with Crippen molar-refractivity contribution in [3.05, 3.63) is 23.7 Å². The van der Waals surface area contributed by atoms with Gasteiger partial charge in [0.25, 0.3) is 0 Å². The summed E-state index contributed by atoms with van der Waals surface area (Å²) < 4.78 is 0. The van der Waals surface area contributed by atoms with E-state index in [0.717, 1.165) is 19.3 Å². The average molecular weight is 140 g/mol. The van der Waals surface area contributed by atoms with E-state index in [2.05, 4.69) is 0 Å². The van der Waals surface area contributed by atoms with E-state index in [-0.39, 0.29) is 11.5 Å². The summed E-state index contributed by atoms with van der Waals surface area (Å²) >= 11 is 0. The molecule has 0 atom stereocenters. The summed E-state index contributed by atoms with van der Waals surface area (Å²) in [7, 11) is 0. The standard InChI is InChI=1S/C8H12O2/c9-7-5-3-1-2-4-6-8(7)10/h3,5,9-10H,1-2,4,6H2. The largest absolute Gasteiger partial charge is 0.508 e. The minimum absolute atomic E-state index is 0.0275. The van der Waals surface area contributed by atoms with E-state index >= 15 is 0 Å². The molecule has 2 nitrogen and oxygen atoms in total. The van der Waals surface area contributed by atoms with Gasteiger partial charge in [-0.3, -0.25) is 0 Å². The quantitative estimate of drug-likeness (QED) is 0.542. The Morgan fingerprint density at radius 1 is 1.20 bits per heavy atom. The van der Waals surface area contributed by atoms with Gasteiger partial charge in [0.15, 0.2) is 5.76 Å². The molecule has 2 heteroatoms. The highest BCUT2D eigenvalue weighted by atomic mass is 16.3. The molecule has 1 rings (SSSR count). The Hall–Kier alpha value is -0.920. The molecular weight excluding hydrogens is 128 g/mol. The molecule has 0 spiro atoms. The monoisotopic (exact) mass is 140 g/mol. The maximum absolute atomic E-state index is 9.06. The molecule has 0 bridgehead atoms. The zero-order valence-corrected chi connectivity index (χ0v) is 5.88. The van der Waals surface area contributed by atoms with E-state index in [0.29, 0.717) is 6.42 Å². The molecule has 0 saturated carbocycles. The van der Waals surface area contributed by atoms with Gasteiger partial charge in [-0.15, -0.1) is 0 Å². The van der Waals surface area contributed by atoms with Crippen molar-refractivity contribution in [3.8, 4) is 0 Å². The minimum atomic E-state index is 0.0275. The molecule has 0 unspecified atom stereocenters. The van der Waals surface area contributed by atoms with Gasteiger partial charge in [-0.1, -0.05) is 6.08 Å². The van der Waals surface area contributed by atoms with E-state index in [1.807, 2.05) is 6.08 Å². The normalized spacial score (nSPS) is 20.4. The van der Waals surface area contributed by atoms with Crippen LogP contribution < -0.4 is 0 Å². The van der Waals surface area contributed by atoms with Gasteiger partial charge in [-0.05, 0) is 25.3 Å². The number of aliphatic hydroxyl groups is 2. The van der Waals surface area contributed by atoms with Crippen LogP contribution in [0.5, 0.6) is 0 Å². The zero-order valence-electron chi connectivity index (χ0n) is 5.88. The molecule has 0 fully saturated rings. The molecule has 0 radical (unpaired) electrons. The maximum atomic E-state index is 9.06. The van der Waals surface area contributed by atoms with Crippen molar-refractivity contribution >= 4 is 0 Å². The van der Waals surface area contributed by atoms with Gasteiger partial charge in [-0.2, -0.15) is 0 Å². The van der Waals surface area contributed by atoms with E-state index in [1.54, 1.807) is 6.08 Å². The van der Waals surface area contributed by atoms with Crippen molar-refractivity contribution in [3.63, 3.8) is 0 Å². The predicted octanol–water partition coefficient (Wildman–Crippen LogP) is 2.44. The lowest BCUT2D eigenvalue weighted by Crippen LogP contribution is -1.91. The van der Waals surface area contributed by atoms with Crippen LogP contribution in [-0.2, 0) is 0 Å². The maximum Gasteiger partial charge on any atom is 0.152 e. The van der Waals surface area contributed by atoms with E-state index in [9.17, 15) is 0 Å². The summed E-state index contributed by atoms with van der Waals surface area (Å²) in [5.74, 6) is 0.149. The van der Waals surface area contributed by atoms with E-state index in [1.165, 1.54) is 0 Å². The van der Waals surface area contributed by atoms with Crippen molar-refractivity contribution in [2.45, 2.75) is 25.7 Å². The highest BCUT2D eigenvalue weighted by Crippen LogP contribution is 2.13. The summed E-state index contributed by atoms with van der Waals surface area (Å²) in [6, 6.07) is 0. The smallest absolute Gasteiger partial charge is 0.152 e. The molecule has 0 aromatic rings. The molecule has 2 N–H and O–H groups in total. The molecule has 1 aliphatic carbocycles. The van der Waals surface area contributed by atoms with Crippen LogP contribution in [0.15, 0.2) is 23.7 Å². The number of rotatable bonds is 0. The minimum Gasteiger partial charge on any atom is -0.508 e. The molecule has 0 aliphatic heterocycles. The van der Waals surface area contributed by atoms with Crippen LogP contribution in [0, 0.1) is 0 Å². The van der Waals surface area contributed by atoms with Gasteiger partial charge in [0.05, 0.1) is 0 Å². The Morgan fingerprint density at radius 3 is 2.80 bits per heavy atom. The average Bonchev–Trinajstić information content (AvgIpc) is 1.92. The SMILES string of the molecule is OC1=C(O)CCCCC=C1. The van der Waals surface area contributed by atoms with Crippen molar-refractivity contribution in [1.29, 1.82) is 0 Å². The Labute approximate surface area is 60.5 Å². The van der Waals surface area contributed by atoms with E-state index in [4.69, 9.17) is 10.2 Å². The summed E-state index contributed by atoms with van der Waals surface area (Å²) in [6.07, 6.45) is 7.10. The third-order valence-corrected chi connectivity index (χ3v) is 1.61. The summed E-state index contributed by atoms with van der Waals surface area (Å²) in [5, 5.41) is 18.1. The number of hydrogen-bond donors (Lipinski definition) is 2. The molecule has 0 saturated heterocycles. The fourth-order valence-electron chi connectivity index (χ4n) is 0.974. The highest BCUT2D eigenvalue weighted by Gasteiger charge is 2.01. The predicted molar refractivity (Wildman–Crippen MR) is 39.9 cm³/mol. The van der Waals surface area contributed by atoms with Crippen LogP contribution in [0.1, 0.15) is 25.7 Å². The topological polar surface area (TPSA) is 40.5 Å². The first-order valence-electron chi connectivity index (χ1n) is 3.58. The van der Waals surface area contributed by atoms with Crippen molar-refractivity contribution in [1.82, 2.24) is 0 Å². The number of hydrogen-bond acceptors (Lipinski definition) is 2. The van der Waals surface area contributed by atoms with Crippen LogP contribution in [0.25, 0.3) is 0 Å². The Kier molecular flexibility index (Phi) is 2.37. The molecule has 56 valence electrons. The molecule has 0 amide bonds. The van der Waals surface area contributed by atoms with Crippen molar-refractivity contribution < 1.29 is 10.2 Å². The summed E-state index contributed by atoms with van der Waals surface area (Å²) in [5.41, 5.74) is 0. The van der Waals surface area contributed by atoms with Crippen LogP contribution in [0.3, 0.4) is 0 Å². The molecule has 0 heterocycles. The number of allylic oxidation sites excluding steroid dienone is 3. The Morgan fingerprint density at radius 2 is 2.00 bits per heavy atom. The van der Waals surface area contributed by atoms with Gasteiger partial charge in [0, 0.05) is 6.42 Å². The third-order valence-electron chi connectivity index (χ3n) is 1.61. The molecule has 0 aromatic carbocycles.